The number of methoxy groups -OCH3 is 1. The van der Waals surface area contributed by atoms with Gasteiger partial charge in [0.05, 0.1) is 12.1 Å². The third kappa shape index (κ3) is 7.34. The first-order valence-corrected chi connectivity index (χ1v) is 10.4. The minimum Gasteiger partial charge on any atom is -0.493 e. The number of hydrogen-bond acceptors (Lipinski definition) is 5. The third-order valence-corrected chi connectivity index (χ3v) is 5.61. The molecule has 0 atom stereocenters. The summed E-state index contributed by atoms with van der Waals surface area (Å²) in [5.41, 5.74) is 0.851. The third-order valence-electron chi connectivity index (χ3n) is 4.68. The van der Waals surface area contributed by atoms with Gasteiger partial charge in [-0.3, -0.25) is 4.99 Å². The number of piperazine rings is 1. The molecule has 0 radical (unpaired) electrons. The van der Waals surface area contributed by atoms with Crippen LogP contribution in [0, 0.1) is 0 Å². The van der Waals surface area contributed by atoms with E-state index in [-0.39, 0.29) is 35.5 Å². The highest BCUT2D eigenvalue weighted by atomic mass is 127. The zero-order valence-electron chi connectivity index (χ0n) is 17.3. The van der Waals surface area contributed by atoms with Gasteiger partial charge in [0.2, 0.25) is 0 Å². The number of nitrogens with one attached hydrogen (secondary N) is 1. The van der Waals surface area contributed by atoms with Gasteiger partial charge in [-0.15, -0.1) is 35.3 Å². The van der Waals surface area contributed by atoms with Crippen LogP contribution in [0.25, 0.3) is 0 Å². The van der Waals surface area contributed by atoms with Crippen molar-refractivity contribution in [3.63, 3.8) is 0 Å². The lowest BCUT2D eigenvalue weighted by Gasteiger charge is -2.37. The summed E-state index contributed by atoms with van der Waals surface area (Å²) >= 11 is 1.74. The van der Waals surface area contributed by atoms with Gasteiger partial charge in [-0.2, -0.15) is 13.2 Å². The number of anilines is 1. The summed E-state index contributed by atoms with van der Waals surface area (Å²) in [6.45, 7) is 2.65. The van der Waals surface area contributed by atoms with E-state index in [0.29, 0.717) is 6.54 Å². The zero-order valence-corrected chi connectivity index (χ0v) is 20.5. The van der Waals surface area contributed by atoms with Crippen LogP contribution in [0.4, 0.5) is 18.2 Å². The van der Waals surface area contributed by atoms with Crippen molar-refractivity contribution in [1.29, 1.82) is 0 Å². The van der Waals surface area contributed by atoms with Gasteiger partial charge in [0.25, 0.3) is 0 Å². The summed E-state index contributed by atoms with van der Waals surface area (Å²) in [7, 11) is 3.14. The van der Waals surface area contributed by atoms with Gasteiger partial charge in [0.1, 0.15) is 0 Å². The van der Waals surface area contributed by atoms with Crippen LogP contribution in [0.1, 0.15) is 5.56 Å². The van der Waals surface area contributed by atoms with Gasteiger partial charge in [0.15, 0.2) is 24.1 Å². The first-order chi connectivity index (χ1) is 14.4. The molecule has 1 aliphatic heterocycles. The maximum atomic E-state index is 12.4. The number of rotatable bonds is 6. The second-order valence-corrected chi connectivity index (χ2v) is 7.64. The van der Waals surface area contributed by atoms with Gasteiger partial charge in [-0.1, -0.05) is 6.07 Å². The number of aliphatic imine (C=N–C) groups is 1. The monoisotopic (exact) mass is 570 g/mol. The molecule has 31 heavy (non-hydrogen) atoms. The number of thiophene rings is 1. The van der Waals surface area contributed by atoms with Gasteiger partial charge >= 0.3 is 6.18 Å². The van der Waals surface area contributed by atoms with Gasteiger partial charge in [-0.25, -0.2) is 0 Å². The normalized spacial score (nSPS) is 14.8. The van der Waals surface area contributed by atoms with Crippen LogP contribution in [-0.2, 0) is 6.54 Å². The predicted molar refractivity (Wildman–Crippen MR) is 128 cm³/mol. The molecule has 2 aromatic rings. The SMILES string of the molecule is CN=C(NCc1ccc(OCC(F)(F)F)c(OC)c1)N1CCN(c2cccs2)CC1.I. The largest absolute Gasteiger partial charge is 0.493 e. The highest BCUT2D eigenvalue weighted by Crippen LogP contribution is 2.30. The molecule has 1 aromatic carbocycles. The fraction of sp³-hybridized carbons (Fsp3) is 0.450. The first-order valence-electron chi connectivity index (χ1n) is 9.50. The van der Waals surface area contributed by atoms with Crippen LogP contribution in [0.15, 0.2) is 40.7 Å². The molecular weight excluding hydrogens is 544 g/mol. The van der Waals surface area contributed by atoms with Crippen molar-refractivity contribution in [3.05, 3.63) is 41.3 Å². The Bertz CT molecular complexity index is 841. The molecule has 2 heterocycles. The summed E-state index contributed by atoms with van der Waals surface area (Å²) < 4.78 is 47.2. The molecule has 1 saturated heterocycles. The fourth-order valence-corrected chi connectivity index (χ4v) is 3.99. The predicted octanol–water partition coefficient (Wildman–Crippen LogP) is 4.21. The van der Waals surface area contributed by atoms with E-state index in [0.717, 1.165) is 37.7 Å². The molecule has 0 amide bonds. The van der Waals surface area contributed by atoms with Crippen molar-refractivity contribution >= 4 is 46.3 Å². The molecule has 3 rings (SSSR count). The number of benzene rings is 1. The molecule has 0 saturated carbocycles. The molecule has 1 N–H and O–H groups in total. The number of hydrogen-bond donors (Lipinski definition) is 1. The highest BCUT2D eigenvalue weighted by Gasteiger charge is 2.29. The van der Waals surface area contributed by atoms with Crippen molar-refractivity contribution in [2.45, 2.75) is 12.7 Å². The van der Waals surface area contributed by atoms with Crippen LogP contribution in [-0.4, -0.2) is 64.0 Å². The Morgan fingerprint density at radius 2 is 1.90 bits per heavy atom. The van der Waals surface area contributed by atoms with Crippen LogP contribution < -0.4 is 19.7 Å². The fourth-order valence-electron chi connectivity index (χ4n) is 3.20. The van der Waals surface area contributed by atoms with E-state index in [2.05, 4.69) is 37.6 Å². The molecule has 0 spiro atoms. The minimum absolute atomic E-state index is 0. The Hall–Kier alpha value is -1.89. The van der Waals surface area contributed by atoms with Gasteiger partial charge < -0.3 is 24.6 Å². The number of ether oxygens (including phenoxy) is 2. The lowest BCUT2D eigenvalue weighted by molar-refractivity contribution is -0.153. The molecule has 1 aliphatic rings. The van der Waals surface area contributed by atoms with E-state index < -0.39 is 12.8 Å². The molecule has 11 heteroatoms. The van der Waals surface area contributed by atoms with E-state index in [4.69, 9.17) is 9.47 Å². The Labute approximate surface area is 201 Å². The standard InChI is InChI=1S/C20H25F3N4O2S.HI/c1-24-19(27-9-7-26(8-10-27)18-4-3-11-30-18)25-13-15-5-6-16(17(12-15)28-2)29-14-20(21,22)23;/h3-6,11-12H,7-10,13-14H2,1-2H3,(H,24,25);1H. The van der Waals surface area contributed by atoms with Crippen molar-refractivity contribution < 1.29 is 22.6 Å². The smallest absolute Gasteiger partial charge is 0.422 e. The van der Waals surface area contributed by atoms with Crippen LogP contribution in [0.3, 0.4) is 0 Å². The Balaban J connectivity index is 0.00000341. The number of halogens is 4. The molecule has 1 aromatic heterocycles. The van der Waals surface area contributed by atoms with Crippen LogP contribution in [0.5, 0.6) is 11.5 Å². The maximum Gasteiger partial charge on any atom is 0.422 e. The summed E-state index contributed by atoms with van der Waals surface area (Å²) in [5, 5.41) is 6.67. The second kappa shape index (κ2) is 11.7. The van der Waals surface area contributed by atoms with Crippen molar-refractivity contribution in [1.82, 2.24) is 10.2 Å². The summed E-state index contributed by atoms with van der Waals surface area (Å²) in [5.74, 6) is 1.11. The van der Waals surface area contributed by atoms with Gasteiger partial charge in [-0.05, 0) is 35.2 Å². The van der Waals surface area contributed by atoms with Gasteiger partial charge in [0, 0.05) is 39.8 Å². The van der Waals surface area contributed by atoms with Crippen LogP contribution in [0.2, 0.25) is 0 Å². The van der Waals surface area contributed by atoms with E-state index in [1.54, 1.807) is 30.5 Å². The van der Waals surface area contributed by atoms with Crippen molar-refractivity contribution in [2.24, 2.45) is 4.99 Å². The number of guanidine groups is 1. The minimum atomic E-state index is -4.40. The van der Waals surface area contributed by atoms with E-state index in [9.17, 15) is 13.2 Å². The average Bonchev–Trinajstić information content (AvgIpc) is 3.28. The lowest BCUT2D eigenvalue weighted by Crippen LogP contribution is -2.52. The highest BCUT2D eigenvalue weighted by molar-refractivity contribution is 14.0. The Morgan fingerprint density at radius 3 is 2.48 bits per heavy atom. The van der Waals surface area contributed by atoms with Crippen molar-refractivity contribution in [2.75, 3.05) is 51.8 Å². The molecule has 0 unspecified atom stereocenters. The molecule has 1 fully saturated rings. The van der Waals surface area contributed by atoms with Crippen LogP contribution >= 0.6 is 35.3 Å². The summed E-state index contributed by atoms with van der Waals surface area (Å²) in [6.07, 6.45) is -4.40. The Kier molecular flexibility index (Phi) is 9.54. The Morgan fingerprint density at radius 1 is 1.16 bits per heavy atom. The molecule has 172 valence electrons. The summed E-state index contributed by atoms with van der Waals surface area (Å²) in [6, 6.07) is 9.05. The molecule has 0 aliphatic carbocycles. The first kappa shape index (κ1) is 25.4. The maximum absolute atomic E-state index is 12.4. The van der Waals surface area contributed by atoms with E-state index in [1.807, 2.05) is 0 Å². The molecular formula is C20H26F3IN4O2S. The van der Waals surface area contributed by atoms with Crippen molar-refractivity contribution in [3.8, 4) is 11.5 Å². The topological polar surface area (TPSA) is 49.3 Å². The number of nitrogens with zero attached hydrogens (tertiary/aromatic N) is 3. The molecule has 0 bridgehead atoms. The second-order valence-electron chi connectivity index (χ2n) is 6.72. The lowest BCUT2D eigenvalue weighted by atomic mass is 10.2. The van der Waals surface area contributed by atoms with E-state index in [1.165, 1.54) is 18.2 Å². The van der Waals surface area contributed by atoms with E-state index >= 15 is 0 Å². The summed E-state index contributed by atoms with van der Waals surface area (Å²) in [4.78, 5) is 8.92. The molecule has 6 nitrogen and oxygen atoms in total. The zero-order chi connectivity index (χ0) is 21.6. The average molecular weight is 570 g/mol. The quantitative estimate of drug-likeness (QED) is 0.321. The number of alkyl halides is 3.